The molecule has 0 spiro atoms. The van der Waals surface area contributed by atoms with E-state index in [9.17, 15) is 4.39 Å². The third-order valence-corrected chi connectivity index (χ3v) is 3.96. The predicted molar refractivity (Wildman–Crippen MR) is 77.4 cm³/mol. The molecule has 0 bridgehead atoms. The molecule has 104 valence electrons. The average molecular weight is 330 g/mol. The highest BCUT2D eigenvalue weighted by atomic mass is 79.9. The molecule has 0 aliphatic heterocycles. The van der Waals surface area contributed by atoms with Crippen molar-refractivity contribution >= 4 is 27.5 Å². The van der Waals surface area contributed by atoms with Crippen molar-refractivity contribution in [2.24, 2.45) is 5.73 Å². The number of ether oxygens (including phenoxy) is 1. The SMILES string of the molecule is COCCN(c1ccc(C(=N)N)c(Br)c1F)C1CC1. The van der Waals surface area contributed by atoms with Gasteiger partial charge in [-0.05, 0) is 40.9 Å². The first-order chi connectivity index (χ1) is 9.06. The van der Waals surface area contributed by atoms with Crippen LogP contribution in [0.15, 0.2) is 16.6 Å². The maximum Gasteiger partial charge on any atom is 0.161 e. The lowest BCUT2D eigenvalue weighted by atomic mass is 10.1. The Morgan fingerprint density at radius 1 is 1.58 bits per heavy atom. The summed E-state index contributed by atoms with van der Waals surface area (Å²) in [4.78, 5) is 2.02. The topological polar surface area (TPSA) is 62.3 Å². The molecular weight excluding hydrogens is 313 g/mol. The fourth-order valence-electron chi connectivity index (χ4n) is 2.04. The van der Waals surface area contributed by atoms with E-state index < -0.39 is 0 Å². The van der Waals surface area contributed by atoms with Gasteiger partial charge in [0.25, 0.3) is 0 Å². The monoisotopic (exact) mass is 329 g/mol. The number of nitrogens with two attached hydrogens (primary N) is 1. The van der Waals surface area contributed by atoms with Gasteiger partial charge in [0.2, 0.25) is 0 Å². The van der Waals surface area contributed by atoms with Gasteiger partial charge >= 0.3 is 0 Å². The maximum atomic E-state index is 14.4. The number of nitrogen functional groups attached to an aromatic ring is 1. The van der Waals surface area contributed by atoms with Crippen LogP contribution in [-0.2, 0) is 4.74 Å². The van der Waals surface area contributed by atoms with Gasteiger partial charge in [-0.15, -0.1) is 0 Å². The number of amidine groups is 1. The second-order valence-electron chi connectivity index (χ2n) is 4.59. The van der Waals surface area contributed by atoms with Gasteiger partial charge in [0.15, 0.2) is 5.82 Å². The first kappa shape index (κ1) is 14.3. The lowest BCUT2D eigenvalue weighted by Crippen LogP contribution is -2.30. The molecule has 6 heteroatoms. The quantitative estimate of drug-likeness (QED) is 0.622. The fraction of sp³-hybridized carbons (Fsp3) is 0.462. The van der Waals surface area contributed by atoms with Crippen LogP contribution in [0.4, 0.5) is 10.1 Å². The number of nitrogens with one attached hydrogen (secondary N) is 1. The first-order valence-corrected chi connectivity index (χ1v) is 6.93. The van der Waals surface area contributed by atoms with Crippen molar-refractivity contribution < 1.29 is 9.13 Å². The molecule has 2 rings (SSSR count). The Kier molecular flexibility index (Phi) is 4.42. The second kappa shape index (κ2) is 5.88. The van der Waals surface area contributed by atoms with E-state index in [2.05, 4.69) is 15.9 Å². The Morgan fingerprint density at radius 2 is 2.26 bits per heavy atom. The third kappa shape index (κ3) is 3.06. The highest BCUT2D eigenvalue weighted by molar-refractivity contribution is 9.10. The molecule has 1 fully saturated rings. The fourth-order valence-corrected chi connectivity index (χ4v) is 2.59. The Morgan fingerprint density at radius 3 is 2.79 bits per heavy atom. The van der Waals surface area contributed by atoms with Crippen molar-refractivity contribution in [2.45, 2.75) is 18.9 Å². The number of halogens is 2. The van der Waals surface area contributed by atoms with Crippen molar-refractivity contribution in [1.29, 1.82) is 5.41 Å². The summed E-state index contributed by atoms with van der Waals surface area (Å²) in [6.45, 7) is 1.21. The van der Waals surface area contributed by atoms with E-state index in [0.717, 1.165) is 12.8 Å². The van der Waals surface area contributed by atoms with Crippen LogP contribution in [0.2, 0.25) is 0 Å². The number of nitrogens with zero attached hydrogens (tertiary/aromatic N) is 1. The molecule has 1 aromatic rings. The molecule has 1 aliphatic rings. The predicted octanol–water partition coefficient (Wildman–Crippen LogP) is 2.49. The zero-order valence-corrected chi connectivity index (χ0v) is 12.3. The summed E-state index contributed by atoms with van der Waals surface area (Å²) in [5.41, 5.74) is 6.33. The molecule has 19 heavy (non-hydrogen) atoms. The summed E-state index contributed by atoms with van der Waals surface area (Å²) in [7, 11) is 1.64. The van der Waals surface area contributed by atoms with Gasteiger partial charge in [0, 0.05) is 25.3 Å². The standard InChI is InChI=1S/C13H17BrFN3O/c1-19-7-6-18(8-2-3-8)10-5-4-9(13(16)17)11(14)12(10)15/h4-5,8H,2-3,6-7H2,1H3,(H3,16,17). The highest BCUT2D eigenvalue weighted by Gasteiger charge is 2.31. The van der Waals surface area contributed by atoms with Crippen LogP contribution in [0.1, 0.15) is 18.4 Å². The van der Waals surface area contributed by atoms with E-state index in [1.165, 1.54) is 0 Å². The van der Waals surface area contributed by atoms with Crippen LogP contribution in [-0.4, -0.2) is 32.1 Å². The molecule has 0 aromatic heterocycles. The van der Waals surface area contributed by atoms with Crippen LogP contribution >= 0.6 is 15.9 Å². The van der Waals surface area contributed by atoms with Gasteiger partial charge in [-0.1, -0.05) is 0 Å². The number of methoxy groups -OCH3 is 1. The van der Waals surface area contributed by atoms with Gasteiger partial charge in [-0.25, -0.2) is 4.39 Å². The van der Waals surface area contributed by atoms with Crippen molar-refractivity contribution in [3.05, 3.63) is 28.0 Å². The minimum Gasteiger partial charge on any atom is -0.384 e. The summed E-state index contributed by atoms with van der Waals surface area (Å²) in [6, 6.07) is 3.75. The number of hydrogen-bond donors (Lipinski definition) is 2. The van der Waals surface area contributed by atoms with E-state index >= 15 is 0 Å². The molecule has 0 saturated heterocycles. The number of hydrogen-bond acceptors (Lipinski definition) is 3. The van der Waals surface area contributed by atoms with Crippen LogP contribution in [0.3, 0.4) is 0 Å². The van der Waals surface area contributed by atoms with Crippen LogP contribution < -0.4 is 10.6 Å². The van der Waals surface area contributed by atoms with Crippen LogP contribution in [0.5, 0.6) is 0 Å². The Balaban J connectivity index is 2.32. The third-order valence-electron chi connectivity index (χ3n) is 3.19. The van der Waals surface area contributed by atoms with Crippen molar-refractivity contribution in [3.63, 3.8) is 0 Å². The minimum absolute atomic E-state index is 0.146. The molecule has 0 radical (unpaired) electrons. The molecule has 4 nitrogen and oxygen atoms in total. The van der Waals surface area contributed by atoms with Gasteiger partial charge in [0.1, 0.15) is 5.84 Å². The van der Waals surface area contributed by atoms with E-state index in [1.54, 1.807) is 19.2 Å². The summed E-state index contributed by atoms with van der Waals surface area (Å²) in [5, 5.41) is 7.41. The van der Waals surface area contributed by atoms with E-state index in [1.807, 2.05) is 4.90 Å². The lowest BCUT2D eigenvalue weighted by Gasteiger charge is -2.25. The smallest absolute Gasteiger partial charge is 0.161 e. The van der Waals surface area contributed by atoms with Crippen molar-refractivity contribution in [3.8, 4) is 0 Å². The first-order valence-electron chi connectivity index (χ1n) is 6.14. The molecular formula is C13H17BrFN3O. The summed E-state index contributed by atoms with van der Waals surface area (Å²) < 4.78 is 19.7. The highest BCUT2D eigenvalue weighted by Crippen LogP contribution is 2.36. The number of anilines is 1. The van der Waals surface area contributed by atoms with Gasteiger partial charge < -0.3 is 15.4 Å². The Labute approximate surface area is 120 Å². The van der Waals surface area contributed by atoms with E-state index in [-0.39, 0.29) is 16.1 Å². The summed E-state index contributed by atoms with van der Waals surface area (Å²) >= 11 is 3.18. The molecule has 0 amide bonds. The maximum absolute atomic E-state index is 14.4. The van der Waals surface area contributed by atoms with E-state index in [4.69, 9.17) is 15.9 Å². The summed E-state index contributed by atoms with van der Waals surface area (Å²) in [5.74, 6) is -0.511. The van der Waals surface area contributed by atoms with Crippen LogP contribution in [0.25, 0.3) is 0 Å². The zero-order chi connectivity index (χ0) is 14.0. The van der Waals surface area contributed by atoms with Gasteiger partial charge in [-0.2, -0.15) is 0 Å². The second-order valence-corrected chi connectivity index (χ2v) is 5.38. The van der Waals surface area contributed by atoms with Crippen molar-refractivity contribution in [2.75, 3.05) is 25.2 Å². The largest absolute Gasteiger partial charge is 0.384 e. The minimum atomic E-state index is -0.365. The number of benzene rings is 1. The molecule has 3 N–H and O–H groups in total. The molecule has 0 unspecified atom stereocenters. The summed E-state index contributed by atoms with van der Waals surface area (Å²) in [6.07, 6.45) is 2.16. The molecule has 0 atom stereocenters. The zero-order valence-electron chi connectivity index (χ0n) is 10.7. The Hall–Kier alpha value is -1.14. The number of rotatable bonds is 6. The normalized spacial score (nSPS) is 14.5. The lowest BCUT2D eigenvalue weighted by molar-refractivity contribution is 0.204. The van der Waals surface area contributed by atoms with Gasteiger partial charge in [0.05, 0.1) is 16.8 Å². The Bertz CT molecular complexity index is 491. The molecule has 1 saturated carbocycles. The average Bonchev–Trinajstić information content (AvgIpc) is 3.18. The molecule has 0 heterocycles. The molecule has 1 aromatic carbocycles. The van der Waals surface area contributed by atoms with Gasteiger partial charge in [-0.3, -0.25) is 5.41 Å². The van der Waals surface area contributed by atoms with E-state index in [0.29, 0.717) is 30.4 Å². The molecule has 1 aliphatic carbocycles. The van der Waals surface area contributed by atoms with Crippen LogP contribution in [0, 0.1) is 11.2 Å². The van der Waals surface area contributed by atoms with Crippen molar-refractivity contribution in [1.82, 2.24) is 0 Å².